The van der Waals surface area contributed by atoms with Gasteiger partial charge in [-0.1, -0.05) is 6.58 Å². The predicted molar refractivity (Wildman–Crippen MR) is 56.3 cm³/mol. The van der Waals surface area contributed by atoms with Crippen molar-refractivity contribution in [2.24, 2.45) is 0 Å². The molecular weight excluding hydrogens is 179 g/mol. The molecular formula is C12H15FO. The van der Waals surface area contributed by atoms with E-state index in [1.165, 1.54) is 12.1 Å². The predicted octanol–water partition coefficient (Wildman–Crippen LogP) is 3.61. The molecule has 0 atom stereocenters. The minimum absolute atomic E-state index is 0.252. The molecule has 76 valence electrons. The summed E-state index contributed by atoms with van der Waals surface area (Å²) in [6, 6.07) is 6.10. The quantitative estimate of drug-likeness (QED) is 0.653. The Hall–Kier alpha value is -1.31. The second-order valence-corrected chi connectivity index (χ2v) is 4.14. The van der Waals surface area contributed by atoms with E-state index in [2.05, 4.69) is 6.58 Å². The van der Waals surface area contributed by atoms with Crippen LogP contribution in [0.2, 0.25) is 0 Å². The van der Waals surface area contributed by atoms with Gasteiger partial charge in [0.15, 0.2) is 0 Å². The molecule has 2 heteroatoms. The molecule has 0 amide bonds. The molecule has 0 bridgehead atoms. The highest BCUT2D eigenvalue weighted by Crippen LogP contribution is 2.20. The zero-order valence-corrected chi connectivity index (χ0v) is 8.80. The van der Waals surface area contributed by atoms with Crippen molar-refractivity contribution in [3.05, 3.63) is 42.2 Å². The van der Waals surface area contributed by atoms with E-state index in [4.69, 9.17) is 4.74 Å². The van der Waals surface area contributed by atoms with Crippen LogP contribution in [0.5, 0.6) is 0 Å². The highest BCUT2D eigenvalue weighted by Gasteiger charge is 2.13. The van der Waals surface area contributed by atoms with Crippen molar-refractivity contribution in [3.8, 4) is 0 Å². The molecule has 1 rings (SSSR count). The smallest absolute Gasteiger partial charge is 0.123 e. The van der Waals surface area contributed by atoms with Crippen LogP contribution in [0.25, 0.3) is 5.76 Å². The van der Waals surface area contributed by atoms with Crippen LogP contribution in [-0.4, -0.2) is 5.60 Å². The lowest BCUT2D eigenvalue weighted by Gasteiger charge is -2.22. The van der Waals surface area contributed by atoms with Crippen LogP contribution in [0, 0.1) is 5.82 Å². The summed E-state index contributed by atoms with van der Waals surface area (Å²) in [5.74, 6) is 0.315. The highest BCUT2D eigenvalue weighted by atomic mass is 19.1. The van der Waals surface area contributed by atoms with Gasteiger partial charge in [-0.2, -0.15) is 0 Å². The fraction of sp³-hybridized carbons (Fsp3) is 0.333. The van der Waals surface area contributed by atoms with Crippen molar-refractivity contribution in [2.45, 2.75) is 26.4 Å². The standard InChI is InChI=1S/C12H15FO/c1-9(14-12(2,3)4)10-5-7-11(13)8-6-10/h5-8H,1H2,2-4H3. The van der Waals surface area contributed by atoms with E-state index in [1.54, 1.807) is 12.1 Å². The monoisotopic (exact) mass is 194 g/mol. The Morgan fingerprint density at radius 1 is 1.21 bits per heavy atom. The van der Waals surface area contributed by atoms with Crippen LogP contribution >= 0.6 is 0 Å². The van der Waals surface area contributed by atoms with Gasteiger partial charge in [0.05, 0.1) is 0 Å². The Morgan fingerprint density at radius 3 is 2.14 bits per heavy atom. The van der Waals surface area contributed by atoms with Crippen LogP contribution < -0.4 is 0 Å². The van der Waals surface area contributed by atoms with Gasteiger partial charge in [-0.3, -0.25) is 0 Å². The molecule has 0 radical (unpaired) electrons. The van der Waals surface area contributed by atoms with E-state index < -0.39 is 0 Å². The minimum atomic E-state index is -0.272. The third-order valence-corrected chi connectivity index (χ3v) is 1.60. The molecule has 1 nitrogen and oxygen atoms in total. The SMILES string of the molecule is C=C(OC(C)(C)C)c1ccc(F)cc1. The van der Waals surface area contributed by atoms with Gasteiger partial charge in [0.1, 0.15) is 17.2 Å². The lowest BCUT2D eigenvalue weighted by atomic mass is 10.1. The number of ether oxygens (including phenoxy) is 1. The van der Waals surface area contributed by atoms with Crippen molar-refractivity contribution in [2.75, 3.05) is 0 Å². The summed E-state index contributed by atoms with van der Waals surface area (Å²) < 4.78 is 18.2. The number of hydrogen-bond acceptors (Lipinski definition) is 1. The lowest BCUT2D eigenvalue weighted by Crippen LogP contribution is -2.17. The van der Waals surface area contributed by atoms with Crippen LogP contribution in [-0.2, 0) is 4.74 Å². The van der Waals surface area contributed by atoms with Gasteiger partial charge in [0.25, 0.3) is 0 Å². The number of halogens is 1. The first kappa shape index (κ1) is 10.8. The lowest BCUT2D eigenvalue weighted by molar-refractivity contribution is 0.0976. The number of rotatable bonds is 2. The van der Waals surface area contributed by atoms with E-state index in [-0.39, 0.29) is 11.4 Å². The van der Waals surface area contributed by atoms with Crippen LogP contribution in [0.4, 0.5) is 4.39 Å². The Kier molecular flexibility index (Phi) is 2.94. The van der Waals surface area contributed by atoms with Crippen LogP contribution in [0.15, 0.2) is 30.8 Å². The zero-order chi connectivity index (χ0) is 10.8. The van der Waals surface area contributed by atoms with E-state index >= 15 is 0 Å². The van der Waals surface area contributed by atoms with Gasteiger partial charge < -0.3 is 4.74 Å². The van der Waals surface area contributed by atoms with Gasteiger partial charge in [0.2, 0.25) is 0 Å². The van der Waals surface area contributed by atoms with E-state index in [0.717, 1.165) is 5.56 Å². The van der Waals surface area contributed by atoms with E-state index in [1.807, 2.05) is 20.8 Å². The summed E-state index contributed by atoms with van der Waals surface area (Å²) in [5, 5.41) is 0. The van der Waals surface area contributed by atoms with Crippen LogP contribution in [0.3, 0.4) is 0 Å². The first-order valence-corrected chi connectivity index (χ1v) is 4.52. The molecule has 1 aromatic carbocycles. The van der Waals surface area contributed by atoms with Crippen molar-refractivity contribution < 1.29 is 9.13 Å². The fourth-order valence-electron chi connectivity index (χ4n) is 1.06. The average molecular weight is 194 g/mol. The third-order valence-electron chi connectivity index (χ3n) is 1.60. The van der Waals surface area contributed by atoms with Crippen molar-refractivity contribution >= 4 is 5.76 Å². The second kappa shape index (κ2) is 3.82. The molecule has 14 heavy (non-hydrogen) atoms. The van der Waals surface area contributed by atoms with Gasteiger partial charge in [-0.15, -0.1) is 0 Å². The zero-order valence-electron chi connectivity index (χ0n) is 8.80. The van der Waals surface area contributed by atoms with E-state index in [9.17, 15) is 4.39 Å². The maximum Gasteiger partial charge on any atom is 0.123 e. The molecule has 0 aliphatic rings. The summed E-state index contributed by atoms with van der Waals surface area (Å²) in [6.45, 7) is 9.63. The summed E-state index contributed by atoms with van der Waals surface area (Å²) in [4.78, 5) is 0. The maximum absolute atomic E-state index is 12.6. The Labute approximate surface area is 84.2 Å². The molecule has 0 heterocycles. The van der Waals surface area contributed by atoms with Crippen LogP contribution in [0.1, 0.15) is 26.3 Å². The van der Waals surface area contributed by atoms with Crippen molar-refractivity contribution in [1.29, 1.82) is 0 Å². The normalized spacial score (nSPS) is 11.1. The van der Waals surface area contributed by atoms with Crippen molar-refractivity contribution in [3.63, 3.8) is 0 Å². The molecule has 0 N–H and O–H groups in total. The Balaban J connectivity index is 2.76. The molecule has 0 saturated heterocycles. The van der Waals surface area contributed by atoms with Gasteiger partial charge in [-0.25, -0.2) is 4.39 Å². The van der Waals surface area contributed by atoms with E-state index in [0.29, 0.717) is 5.76 Å². The molecule has 0 unspecified atom stereocenters. The molecule has 0 aliphatic carbocycles. The summed E-state index contributed by atoms with van der Waals surface area (Å²) in [7, 11) is 0. The Morgan fingerprint density at radius 2 is 1.71 bits per heavy atom. The molecule has 0 aromatic heterocycles. The largest absolute Gasteiger partial charge is 0.488 e. The first-order chi connectivity index (χ1) is 6.38. The summed E-state index contributed by atoms with van der Waals surface area (Å²) in [6.07, 6.45) is 0. The first-order valence-electron chi connectivity index (χ1n) is 4.52. The molecule has 0 aliphatic heterocycles. The average Bonchev–Trinajstić information content (AvgIpc) is 2.02. The van der Waals surface area contributed by atoms with Crippen molar-refractivity contribution in [1.82, 2.24) is 0 Å². The molecule has 1 aromatic rings. The number of benzene rings is 1. The molecule has 0 spiro atoms. The molecule has 0 fully saturated rings. The minimum Gasteiger partial charge on any atom is -0.488 e. The Bertz CT molecular complexity index is 319. The molecule has 0 saturated carbocycles. The van der Waals surface area contributed by atoms with Gasteiger partial charge >= 0.3 is 0 Å². The second-order valence-electron chi connectivity index (χ2n) is 4.14. The summed E-state index contributed by atoms with van der Waals surface area (Å²) in [5.41, 5.74) is 0.534. The summed E-state index contributed by atoms with van der Waals surface area (Å²) >= 11 is 0. The van der Waals surface area contributed by atoms with Gasteiger partial charge in [-0.05, 0) is 45.0 Å². The topological polar surface area (TPSA) is 9.23 Å². The maximum atomic E-state index is 12.6. The highest BCUT2D eigenvalue weighted by molar-refractivity contribution is 5.57. The fourth-order valence-corrected chi connectivity index (χ4v) is 1.06. The number of hydrogen-bond donors (Lipinski definition) is 0. The van der Waals surface area contributed by atoms with Gasteiger partial charge in [0, 0.05) is 5.56 Å². The third kappa shape index (κ3) is 3.21.